The fourth-order valence-corrected chi connectivity index (χ4v) is 6.39. The predicted octanol–water partition coefficient (Wildman–Crippen LogP) is 1.62. The summed E-state index contributed by atoms with van der Waals surface area (Å²) in [6.07, 6.45) is 3.72. The summed E-state index contributed by atoms with van der Waals surface area (Å²) < 4.78 is 27.3. The highest BCUT2D eigenvalue weighted by atomic mass is 32.2. The molecule has 0 aliphatic heterocycles. The van der Waals surface area contributed by atoms with E-state index in [1.165, 1.54) is 25.7 Å². The van der Waals surface area contributed by atoms with Gasteiger partial charge in [-0.05, 0) is 57.8 Å². The van der Waals surface area contributed by atoms with Crippen LogP contribution in [-0.4, -0.2) is 46.6 Å². The average Bonchev–Trinajstić information content (AvgIpc) is 3.22. The highest BCUT2D eigenvalue weighted by Gasteiger charge is 2.43. The van der Waals surface area contributed by atoms with Crippen molar-refractivity contribution in [1.29, 1.82) is 0 Å². The van der Waals surface area contributed by atoms with Gasteiger partial charge in [-0.25, -0.2) is 13.4 Å². The van der Waals surface area contributed by atoms with Gasteiger partial charge in [-0.15, -0.1) is 0 Å². The van der Waals surface area contributed by atoms with Crippen LogP contribution in [0.1, 0.15) is 50.0 Å². The van der Waals surface area contributed by atoms with E-state index in [0.717, 1.165) is 11.6 Å². The molecule has 1 aromatic heterocycles. The summed E-state index contributed by atoms with van der Waals surface area (Å²) in [7, 11) is -3.75. The SMILES string of the molecule is Cc1nc(S(=O)(=O)C[C@H](O)CO)n([C@H](C)[C@H]2C[C@H]3CC[C@H]2C3)c1C. The normalized spacial score (nSPS) is 29.1. The summed E-state index contributed by atoms with van der Waals surface area (Å²) in [6.45, 7) is 5.26. The minimum Gasteiger partial charge on any atom is -0.394 e. The van der Waals surface area contributed by atoms with E-state index in [1.807, 2.05) is 18.4 Å². The fourth-order valence-electron chi connectivity index (χ4n) is 4.75. The summed E-state index contributed by atoms with van der Waals surface area (Å²) in [6, 6.07) is 0.0811. The van der Waals surface area contributed by atoms with Gasteiger partial charge in [-0.1, -0.05) is 6.42 Å². The molecule has 0 aromatic carbocycles. The lowest BCUT2D eigenvalue weighted by atomic mass is 9.84. The first-order valence-electron chi connectivity index (χ1n) is 8.81. The first kappa shape index (κ1) is 17.9. The monoisotopic (exact) mass is 356 g/mol. The van der Waals surface area contributed by atoms with Crippen LogP contribution in [0.5, 0.6) is 0 Å². The van der Waals surface area contributed by atoms with E-state index in [9.17, 15) is 13.5 Å². The zero-order valence-electron chi connectivity index (χ0n) is 14.6. The fraction of sp³-hybridized carbons (Fsp3) is 0.824. The maximum Gasteiger partial charge on any atom is 0.228 e. The molecule has 0 saturated heterocycles. The molecule has 0 unspecified atom stereocenters. The Morgan fingerprint density at radius 1 is 1.29 bits per heavy atom. The second kappa shape index (κ2) is 6.42. The Kier molecular flexibility index (Phi) is 4.79. The Hall–Kier alpha value is -0.920. The third kappa shape index (κ3) is 3.02. The first-order chi connectivity index (χ1) is 11.2. The van der Waals surface area contributed by atoms with Gasteiger partial charge in [-0.2, -0.15) is 0 Å². The van der Waals surface area contributed by atoms with Crippen LogP contribution in [0.2, 0.25) is 0 Å². The lowest BCUT2D eigenvalue weighted by Gasteiger charge is -2.30. The van der Waals surface area contributed by atoms with Gasteiger partial charge in [0.25, 0.3) is 0 Å². The number of aliphatic hydroxyl groups excluding tert-OH is 2. The molecule has 0 spiro atoms. The Labute approximate surface area is 143 Å². The Morgan fingerprint density at radius 3 is 2.54 bits per heavy atom. The van der Waals surface area contributed by atoms with E-state index < -0.39 is 28.3 Å². The van der Waals surface area contributed by atoms with Gasteiger partial charge in [-0.3, -0.25) is 0 Å². The highest BCUT2D eigenvalue weighted by Crippen LogP contribution is 2.52. The molecule has 6 nitrogen and oxygen atoms in total. The number of hydrogen-bond acceptors (Lipinski definition) is 5. The predicted molar refractivity (Wildman–Crippen MR) is 90.5 cm³/mol. The molecule has 2 aliphatic rings. The van der Waals surface area contributed by atoms with Gasteiger partial charge in [0.2, 0.25) is 15.0 Å². The second-order valence-corrected chi connectivity index (χ2v) is 9.56. The number of sulfone groups is 1. The number of fused-ring (bicyclic) bond motifs is 2. The molecule has 7 heteroatoms. The van der Waals surface area contributed by atoms with Crippen molar-refractivity contribution in [2.75, 3.05) is 12.4 Å². The molecule has 2 aliphatic carbocycles. The Morgan fingerprint density at radius 2 is 2.00 bits per heavy atom. The van der Waals surface area contributed by atoms with E-state index in [1.54, 1.807) is 0 Å². The zero-order chi connectivity index (χ0) is 17.6. The van der Waals surface area contributed by atoms with Crippen LogP contribution < -0.4 is 0 Å². The quantitative estimate of drug-likeness (QED) is 0.808. The van der Waals surface area contributed by atoms with Crippen LogP contribution in [0.3, 0.4) is 0 Å². The number of hydrogen-bond donors (Lipinski definition) is 2. The van der Waals surface area contributed by atoms with Gasteiger partial charge >= 0.3 is 0 Å². The van der Waals surface area contributed by atoms with Crippen molar-refractivity contribution in [3.8, 4) is 0 Å². The molecule has 5 atom stereocenters. The van der Waals surface area contributed by atoms with Crippen molar-refractivity contribution >= 4 is 9.84 Å². The lowest BCUT2D eigenvalue weighted by Crippen LogP contribution is -2.29. The molecule has 2 fully saturated rings. The van der Waals surface area contributed by atoms with Gasteiger partial charge < -0.3 is 14.8 Å². The van der Waals surface area contributed by atoms with Crippen LogP contribution in [-0.2, 0) is 9.84 Å². The maximum atomic E-state index is 12.7. The molecule has 2 bridgehead atoms. The van der Waals surface area contributed by atoms with Crippen LogP contribution in [0.15, 0.2) is 5.16 Å². The topological polar surface area (TPSA) is 92.4 Å². The molecule has 2 saturated carbocycles. The Bertz CT molecular complexity index is 712. The van der Waals surface area contributed by atoms with Gasteiger partial charge in [0.05, 0.1) is 24.2 Å². The highest BCUT2D eigenvalue weighted by molar-refractivity contribution is 7.91. The molecule has 0 amide bonds. The van der Waals surface area contributed by atoms with Crippen molar-refractivity contribution < 1.29 is 18.6 Å². The van der Waals surface area contributed by atoms with E-state index in [2.05, 4.69) is 11.9 Å². The zero-order valence-corrected chi connectivity index (χ0v) is 15.5. The average molecular weight is 356 g/mol. The van der Waals surface area contributed by atoms with E-state index in [-0.39, 0.29) is 11.2 Å². The van der Waals surface area contributed by atoms with Gasteiger partial charge in [0.1, 0.15) is 0 Å². The Balaban J connectivity index is 1.96. The minimum atomic E-state index is -3.75. The molecule has 2 N–H and O–H groups in total. The smallest absolute Gasteiger partial charge is 0.228 e. The number of aliphatic hydroxyl groups is 2. The van der Waals surface area contributed by atoms with Crippen molar-refractivity contribution in [3.05, 3.63) is 11.4 Å². The molecule has 1 aromatic rings. The third-order valence-corrected chi connectivity index (χ3v) is 7.74. The summed E-state index contributed by atoms with van der Waals surface area (Å²) >= 11 is 0. The molecule has 1 heterocycles. The van der Waals surface area contributed by atoms with Crippen molar-refractivity contribution in [2.45, 2.75) is 63.8 Å². The van der Waals surface area contributed by atoms with E-state index in [4.69, 9.17) is 5.11 Å². The molecule has 24 heavy (non-hydrogen) atoms. The minimum absolute atomic E-state index is 0.0419. The summed E-state index contributed by atoms with van der Waals surface area (Å²) in [5.74, 6) is 1.48. The second-order valence-electron chi connectivity index (χ2n) is 7.63. The summed E-state index contributed by atoms with van der Waals surface area (Å²) in [4.78, 5) is 4.31. The number of imidazole rings is 1. The van der Waals surface area contributed by atoms with Crippen molar-refractivity contribution in [1.82, 2.24) is 9.55 Å². The number of aryl methyl sites for hydroxylation is 1. The van der Waals surface area contributed by atoms with Gasteiger partial charge in [0.15, 0.2) is 0 Å². The van der Waals surface area contributed by atoms with Gasteiger partial charge in [0, 0.05) is 11.7 Å². The molecule has 0 radical (unpaired) electrons. The standard InChI is InChI=1S/C17H28N2O4S/c1-10-11(2)19(12(3)16-7-13-4-5-14(16)6-13)17(18-10)24(22,23)9-15(21)8-20/h12-16,20-21H,4-9H2,1-3H3/t12-,13+,14+,15-,16-/m1/s1. The number of nitrogens with zero attached hydrogens (tertiary/aromatic N) is 2. The van der Waals surface area contributed by atoms with Crippen LogP contribution in [0.4, 0.5) is 0 Å². The van der Waals surface area contributed by atoms with Crippen molar-refractivity contribution in [3.63, 3.8) is 0 Å². The third-order valence-electron chi connectivity index (χ3n) is 6.07. The van der Waals surface area contributed by atoms with Crippen molar-refractivity contribution in [2.24, 2.45) is 17.8 Å². The molecular formula is C17H28N2O4S. The van der Waals surface area contributed by atoms with Crippen LogP contribution >= 0.6 is 0 Å². The van der Waals surface area contributed by atoms with E-state index in [0.29, 0.717) is 17.5 Å². The van der Waals surface area contributed by atoms with Crippen LogP contribution in [0.25, 0.3) is 0 Å². The number of aromatic nitrogens is 2. The van der Waals surface area contributed by atoms with E-state index >= 15 is 0 Å². The largest absolute Gasteiger partial charge is 0.394 e. The molecular weight excluding hydrogens is 328 g/mol. The van der Waals surface area contributed by atoms with Crippen LogP contribution in [0, 0.1) is 31.6 Å². The number of rotatable bonds is 6. The summed E-state index contributed by atoms with van der Waals surface area (Å²) in [5.41, 5.74) is 1.59. The lowest BCUT2D eigenvalue weighted by molar-refractivity contribution is 0.112. The summed E-state index contributed by atoms with van der Waals surface area (Å²) in [5, 5.41) is 18.6. The molecule has 136 valence electrons. The molecule has 3 rings (SSSR count). The first-order valence-corrected chi connectivity index (χ1v) is 10.5. The maximum absolute atomic E-state index is 12.7.